The Bertz CT molecular complexity index is 169. The lowest BCUT2D eigenvalue weighted by Crippen LogP contribution is -2.24. The first-order valence-electron chi connectivity index (χ1n) is 4.88. The Hall–Kier alpha value is -0.0400. The van der Waals surface area contributed by atoms with Gasteiger partial charge in [-0.2, -0.15) is 0 Å². The van der Waals surface area contributed by atoms with E-state index in [0.29, 0.717) is 12.0 Å². The highest BCUT2D eigenvalue weighted by molar-refractivity contribution is 4.88. The molecule has 2 aliphatic rings. The maximum atomic E-state index is 7.70. The van der Waals surface area contributed by atoms with E-state index in [1.165, 1.54) is 6.42 Å². The fraction of sp³-hybridized carbons (Fsp3) is 1.00. The fourth-order valence-electron chi connectivity index (χ4n) is 2.00. The minimum atomic E-state index is -0.991. The highest BCUT2D eigenvalue weighted by Gasteiger charge is 2.33. The summed E-state index contributed by atoms with van der Waals surface area (Å²) < 4.78 is 15.4. The first kappa shape index (κ1) is 3.97. The van der Waals surface area contributed by atoms with E-state index in [0.717, 1.165) is 19.4 Å². The molecule has 0 amide bonds. The molecule has 0 saturated carbocycles. The molecule has 0 N–H and O–H groups in total. The van der Waals surface area contributed by atoms with Crippen molar-refractivity contribution in [3.05, 3.63) is 0 Å². The lowest BCUT2D eigenvalue weighted by Gasteiger charge is -2.16. The lowest BCUT2D eigenvalue weighted by molar-refractivity contribution is 0.298. The molecule has 2 aliphatic heterocycles. The predicted molar refractivity (Wildman–Crippen MR) is 38.4 cm³/mol. The third kappa shape index (κ3) is 0.787. The van der Waals surface area contributed by atoms with E-state index in [-0.39, 0.29) is 0 Å². The highest BCUT2D eigenvalue weighted by Crippen LogP contribution is 2.31. The molecule has 2 rings (SSSR count). The summed E-state index contributed by atoms with van der Waals surface area (Å²) in [4.78, 5) is 2.05. The first-order chi connectivity index (χ1) is 5.11. The monoisotopic (exact) mass is 127 g/mol. The van der Waals surface area contributed by atoms with Crippen molar-refractivity contribution < 1.29 is 2.74 Å². The molecule has 0 bridgehead atoms. The zero-order chi connectivity index (χ0) is 8.06. The lowest BCUT2D eigenvalue weighted by atomic mass is 10.0. The molecule has 52 valence electrons. The summed E-state index contributed by atoms with van der Waals surface area (Å²) in [6, 6.07) is 0.546. The zero-order valence-corrected chi connectivity index (χ0v) is 5.93. The van der Waals surface area contributed by atoms with E-state index in [4.69, 9.17) is 2.74 Å². The minimum absolute atomic E-state index is 0.546. The van der Waals surface area contributed by atoms with Gasteiger partial charge in [0.15, 0.2) is 0 Å². The molecule has 0 aromatic carbocycles. The number of fused-ring (bicyclic) bond motifs is 1. The van der Waals surface area contributed by atoms with Crippen LogP contribution in [0.15, 0.2) is 0 Å². The molecule has 0 aliphatic carbocycles. The van der Waals surface area contributed by atoms with E-state index < -0.39 is 6.50 Å². The summed E-state index contributed by atoms with van der Waals surface area (Å²) in [5.74, 6) is 0.715. The van der Waals surface area contributed by atoms with Gasteiger partial charge in [0.25, 0.3) is 0 Å². The van der Waals surface area contributed by atoms with Gasteiger partial charge in [0.1, 0.15) is 0 Å². The van der Waals surface area contributed by atoms with Crippen LogP contribution in [0.4, 0.5) is 0 Å². The van der Waals surface area contributed by atoms with Crippen molar-refractivity contribution in [2.24, 2.45) is 5.92 Å². The molecule has 1 heteroatoms. The van der Waals surface area contributed by atoms with Gasteiger partial charge < -0.3 is 4.90 Å². The molecule has 2 heterocycles. The maximum Gasteiger partial charge on any atom is 0.0431 e. The normalized spacial score (nSPS) is 52.6. The van der Waals surface area contributed by atoms with Crippen LogP contribution in [0.25, 0.3) is 0 Å². The van der Waals surface area contributed by atoms with Gasteiger partial charge in [-0.05, 0) is 38.2 Å². The average Bonchev–Trinajstić information content (AvgIpc) is 2.39. The predicted octanol–water partition coefficient (Wildman–Crippen LogP) is 1.49. The average molecular weight is 127 g/mol. The number of hydrogen-bond acceptors (Lipinski definition) is 1. The smallest absolute Gasteiger partial charge is 0.0431 e. The first-order valence-corrected chi connectivity index (χ1v) is 3.88. The van der Waals surface area contributed by atoms with Crippen molar-refractivity contribution in [1.82, 2.24) is 4.90 Å². The Kier molecular flexibility index (Phi) is 0.873. The molecule has 2 fully saturated rings. The molecule has 0 radical (unpaired) electrons. The van der Waals surface area contributed by atoms with Gasteiger partial charge in [0, 0.05) is 8.78 Å². The van der Waals surface area contributed by atoms with E-state index in [2.05, 4.69) is 11.8 Å². The summed E-state index contributed by atoms with van der Waals surface area (Å²) in [5.41, 5.74) is 0. The second-order valence-corrected chi connectivity index (χ2v) is 3.22. The molecule has 2 unspecified atom stereocenters. The van der Waals surface area contributed by atoms with Crippen molar-refractivity contribution in [2.75, 3.05) is 13.0 Å². The third-order valence-corrected chi connectivity index (χ3v) is 2.64. The second kappa shape index (κ2) is 1.98. The molecule has 0 aromatic heterocycles. The van der Waals surface area contributed by atoms with Crippen molar-refractivity contribution >= 4 is 0 Å². The van der Waals surface area contributed by atoms with Crippen molar-refractivity contribution in [3.8, 4) is 0 Å². The van der Waals surface area contributed by atoms with Crippen LogP contribution < -0.4 is 0 Å². The van der Waals surface area contributed by atoms with Crippen LogP contribution in [0.1, 0.15) is 28.9 Å². The van der Waals surface area contributed by atoms with Crippen molar-refractivity contribution in [2.45, 2.75) is 32.2 Å². The van der Waals surface area contributed by atoms with Crippen LogP contribution in [-0.4, -0.2) is 24.0 Å². The minimum Gasteiger partial charge on any atom is -0.300 e. The van der Waals surface area contributed by atoms with Crippen LogP contribution >= 0.6 is 0 Å². The molecule has 2 atom stereocenters. The number of rotatable bonds is 0. The molecule has 0 spiro atoms. The molecule has 2 saturated heterocycles. The third-order valence-electron chi connectivity index (χ3n) is 2.64. The SMILES string of the molecule is [2H]C1([2H])CCC2C(C)CCN21. The van der Waals surface area contributed by atoms with E-state index in [1.54, 1.807) is 0 Å². The van der Waals surface area contributed by atoms with Crippen LogP contribution in [0, 0.1) is 5.92 Å². The Morgan fingerprint density at radius 2 is 2.44 bits per heavy atom. The Morgan fingerprint density at radius 1 is 1.56 bits per heavy atom. The summed E-state index contributed by atoms with van der Waals surface area (Å²) >= 11 is 0. The van der Waals surface area contributed by atoms with E-state index in [9.17, 15) is 0 Å². The van der Waals surface area contributed by atoms with Gasteiger partial charge in [0.2, 0.25) is 0 Å². The van der Waals surface area contributed by atoms with Gasteiger partial charge in [-0.3, -0.25) is 0 Å². The van der Waals surface area contributed by atoms with E-state index >= 15 is 0 Å². The summed E-state index contributed by atoms with van der Waals surface area (Å²) in [6.45, 7) is 2.22. The van der Waals surface area contributed by atoms with Crippen molar-refractivity contribution in [3.63, 3.8) is 0 Å². The van der Waals surface area contributed by atoms with Crippen LogP contribution in [0.3, 0.4) is 0 Å². The topological polar surface area (TPSA) is 3.24 Å². The molecule has 0 aromatic rings. The Balaban J connectivity index is 2.17. The fourth-order valence-corrected chi connectivity index (χ4v) is 2.00. The van der Waals surface area contributed by atoms with E-state index in [1.807, 2.05) is 0 Å². The quantitative estimate of drug-likeness (QED) is 0.476. The largest absolute Gasteiger partial charge is 0.300 e. The van der Waals surface area contributed by atoms with Gasteiger partial charge in [0.05, 0.1) is 0 Å². The maximum absolute atomic E-state index is 7.70. The number of nitrogens with zero attached hydrogens (tertiary/aromatic N) is 1. The zero-order valence-electron chi connectivity index (χ0n) is 7.93. The second-order valence-electron chi connectivity index (χ2n) is 3.22. The van der Waals surface area contributed by atoms with Crippen LogP contribution in [0.2, 0.25) is 0 Å². The number of hydrogen-bond donors (Lipinski definition) is 0. The molecular formula is C8H15N. The van der Waals surface area contributed by atoms with Gasteiger partial charge in [-0.1, -0.05) is 6.92 Å². The molecular weight excluding hydrogens is 110 g/mol. The Labute approximate surface area is 59.9 Å². The molecule has 1 nitrogen and oxygen atoms in total. The highest BCUT2D eigenvalue weighted by atomic mass is 15.2. The van der Waals surface area contributed by atoms with Crippen LogP contribution in [0.5, 0.6) is 0 Å². The van der Waals surface area contributed by atoms with Crippen molar-refractivity contribution in [1.29, 1.82) is 0 Å². The van der Waals surface area contributed by atoms with Gasteiger partial charge in [-0.25, -0.2) is 0 Å². The Morgan fingerprint density at radius 3 is 3.22 bits per heavy atom. The molecule has 9 heavy (non-hydrogen) atoms. The summed E-state index contributed by atoms with van der Waals surface area (Å²) in [6.07, 6.45) is 2.99. The standard InChI is InChI=1S/C8H15N/c1-7-4-6-9-5-2-3-8(7)9/h7-8H,2-6H2,1H3/i5D2. The van der Waals surface area contributed by atoms with Crippen LogP contribution in [-0.2, 0) is 0 Å². The summed E-state index contributed by atoms with van der Waals surface area (Å²) in [7, 11) is 0. The van der Waals surface area contributed by atoms with Gasteiger partial charge in [-0.15, -0.1) is 0 Å². The summed E-state index contributed by atoms with van der Waals surface area (Å²) in [5, 5.41) is 0. The van der Waals surface area contributed by atoms with Gasteiger partial charge >= 0.3 is 0 Å².